The monoisotopic (exact) mass is 410 g/mol. The van der Waals surface area contributed by atoms with Crippen LogP contribution in [0.3, 0.4) is 0 Å². The first-order valence-electron chi connectivity index (χ1n) is 9.68. The Hall–Kier alpha value is -2.86. The molecule has 0 spiro atoms. The van der Waals surface area contributed by atoms with Crippen LogP contribution in [0, 0.1) is 23.7 Å². The zero-order chi connectivity index (χ0) is 20.1. The highest BCUT2D eigenvalue weighted by Gasteiger charge is 2.63. The van der Waals surface area contributed by atoms with E-state index in [0.29, 0.717) is 22.0 Å². The number of amides is 2. The minimum atomic E-state index is -0.322. The van der Waals surface area contributed by atoms with Gasteiger partial charge in [-0.25, -0.2) is 0 Å². The normalized spacial score (nSPS) is 28.9. The molecule has 2 aliphatic carbocycles. The fourth-order valence-corrected chi connectivity index (χ4v) is 5.25. The molecule has 2 N–H and O–H groups in total. The topological polar surface area (TPSA) is 84.5 Å². The lowest BCUT2D eigenvalue weighted by Gasteiger charge is -2.23. The van der Waals surface area contributed by atoms with Crippen molar-refractivity contribution >= 4 is 40.8 Å². The zero-order valence-electron chi connectivity index (χ0n) is 15.4. The number of carbonyl (C=O) groups excluding carboxylic acids is 3. The molecule has 3 fully saturated rings. The van der Waals surface area contributed by atoms with Gasteiger partial charge in [0, 0.05) is 27.9 Å². The average Bonchev–Trinajstić information content (AvgIpc) is 3.31. The van der Waals surface area contributed by atoms with Crippen LogP contribution >= 0.6 is 11.6 Å². The highest BCUT2D eigenvalue weighted by Crippen LogP contribution is 2.57. The molecule has 0 unspecified atom stereocenters. The number of esters is 1. The van der Waals surface area contributed by atoms with E-state index in [1.165, 1.54) is 0 Å². The molecular formula is C22H19ClN2O4. The van der Waals surface area contributed by atoms with Gasteiger partial charge in [0.15, 0.2) is 0 Å². The van der Waals surface area contributed by atoms with Crippen molar-refractivity contribution in [2.24, 2.45) is 23.7 Å². The van der Waals surface area contributed by atoms with Crippen LogP contribution in [0.25, 0.3) is 0 Å². The van der Waals surface area contributed by atoms with E-state index in [1.54, 1.807) is 48.5 Å². The predicted octanol–water partition coefficient (Wildman–Crippen LogP) is 3.73. The van der Waals surface area contributed by atoms with Crippen molar-refractivity contribution in [1.29, 1.82) is 0 Å². The molecule has 3 aliphatic rings. The van der Waals surface area contributed by atoms with Crippen LogP contribution in [-0.4, -0.2) is 23.9 Å². The second-order valence-electron chi connectivity index (χ2n) is 7.95. The summed E-state index contributed by atoms with van der Waals surface area (Å²) in [5.74, 6) is -0.856. The summed E-state index contributed by atoms with van der Waals surface area (Å²) in [5.41, 5.74) is 1.67. The van der Waals surface area contributed by atoms with Crippen LogP contribution in [0.5, 0.6) is 0 Å². The van der Waals surface area contributed by atoms with Gasteiger partial charge in [0.1, 0.15) is 6.10 Å². The lowest BCUT2D eigenvalue weighted by molar-refractivity contribution is -0.145. The number of hydrogen-bond acceptors (Lipinski definition) is 4. The van der Waals surface area contributed by atoms with Gasteiger partial charge >= 0.3 is 5.97 Å². The lowest BCUT2D eigenvalue weighted by Crippen LogP contribution is -2.35. The van der Waals surface area contributed by atoms with Gasteiger partial charge in [-0.1, -0.05) is 17.7 Å². The van der Waals surface area contributed by atoms with Crippen molar-refractivity contribution in [3.63, 3.8) is 0 Å². The van der Waals surface area contributed by atoms with Crippen molar-refractivity contribution in [3.8, 4) is 0 Å². The maximum atomic E-state index is 12.8. The molecule has 7 heteroatoms. The summed E-state index contributed by atoms with van der Waals surface area (Å²) >= 11 is 5.93. The number of nitrogens with one attached hydrogen (secondary N) is 2. The van der Waals surface area contributed by atoms with Crippen molar-refractivity contribution in [2.45, 2.75) is 18.9 Å². The van der Waals surface area contributed by atoms with Gasteiger partial charge in [0.05, 0.1) is 11.8 Å². The number of rotatable bonds is 4. The van der Waals surface area contributed by atoms with Crippen LogP contribution in [-0.2, 0) is 14.3 Å². The highest BCUT2D eigenvalue weighted by atomic mass is 35.5. The molecule has 1 heterocycles. The maximum absolute atomic E-state index is 12.8. The molecule has 2 bridgehead atoms. The molecule has 1 aliphatic heterocycles. The third-order valence-corrected chi connectivity index (χ3v) is 6.52. The standard InChI is InChI=1S/C22H19ClN2O4/c23-13-2-1-3-15(10-13)25-20(26)11-4-6-14(7-5-11)24-21(27)18-12-8-16-17(9-12)29-22(28)19(16)18/h1-7,10,12,16-19H,8-9H2,(H,24,27)(H,25,26)/t12-,16+,17-,18+,19+/m1/s1. The van der Waals surface area contributed by atoms with E-state index < -0.39 is 0 Å². The van der Waals surface area contributed by atoms with Crippen molar-refractivity contribution in [2.75, 3.05) is 10.6 Å². The largest absolute Gasteiger partial charge is 0.462 e. The van der Waals surface area contributed by atoms with Crippen LogP contribution in [0.15, 0.2) is 48.5 Å². The van der Waals surface area contributed by atoms with E-state index in [4.69, 9.17) is 16.3 Å². The number of benzene rings is 2. The Kier molecular flexibility index (Phi) is 4.32. The third kappa shape index (κ3) is 3.17. The number of fused-ring (bicyclic) bond motifs is 1. The van der Waals surface area contributed by atoms with Gasteiger partial charge in [-0.3, -0.25) is 14.4 Å². The Labute approximate surface area is 172 Å². The summed E-state index contributed by atoms with van der Waals surface area (Å²) in [6, 6.07) is 13.6. The maximum Gasteiger partial charge on any atom is 0.310 e. The molecular weight excluding hydrogens is 392 g/mol. The molecule has 148 valence electrons. The predicted molar refractivity (Wildman–Crippen MR) is 108 cm³/mol. The number of hydrogen-bond donors (Lipinski definition) is 2. The first kappa shape index (κ1) is 18.2. The summed E-state index contributed by atoms with van der Waals surface area (Å²) in [6.45, 7) is 0. The van der Waals surface area contributed by atoms with Crippen LogP contribution in [0.1, 0.15) is 23.2 Å². The Balaban J connectivity index is 1.24. The SMILES string of the molecule is O=C(Nc1cccc(Cl)c1)c1ccc(NC(=O)[C@H]2[C@@H]3C[C@@H]4[C@@H]2C(=O)O[C@@H]4C3)cc1. The van der Waals surface area contributed by atoms with Gasteiger partial charge in [-0.15, -0.1) is 0 Å². The van der Waals surface area contributed by atoms with Crippen LogP contribution in [0.4, 0.5) is 11.4 Å². The average molecular weight is 411 g/mol. The van der Waals surface area contributed by atoms with Gasteiger partial charge < -0.3 is 15.4 Å². The van der Waals surface area contributed by atoms with Crippen LogP contribution in [0.2, 0.25) is 5.02 Å². The molecule has 2 amide bonds. The fraction of sp³-hybridized carbons (Fsp3) is 0.318. The van der Waals surface area contributed by atoms with Crippen molar-refractivity contribution in [3.05, 3.63) is 59.1 Å². The molecule has 2 aromatic rings. The Morgan fingerprint density at radius 1 is 1.00 bits per heavy atom. The summed E-state index contributed by atoms with van der Waals surface area (Å²) in [5, 5.41) is 6.22. The van der Waals surface area contributed by atoms with Gasteiger partial charge in [0.25, 0.3) is 5.91 Å². The van der Waals surface area contributed by atoms with E-state index in [1.807, 2.05) is 0 Å². The fourth-order valence-electron chi connectivity index (χ4n) is 5.06. The van der Waals surface area contributed by atoms with Crippen LogP contribution < -0.4 is 10.6 Å². The second-order valence-corrected chi connectivity index (χ2v) is 8.39. The number of carbonyl (C=O) groups is 3. The summed E-state index contributed by atoms with van der Waals surface area (Å²) < 4.78 is 5.40. The third-order valence-electron chi connectivity index (χ3n) is 6.28. The molecule has 2 saturated carbocycles. The molecule has 5 rings (SSSR count). The van der Waals surface area contributed by atoms with Gasteiger partial charge in [-0.05, 0) is 61.2 Å². The number of halogens is 1. The van der Waals surface area contributed by atoms with E-state index in [9.17, 15) is 14.4 Å². The van der Waals surface area contributed by atoms with Crippen molar-refractivity contribution in [1.82, 2.24) is 0 Å². The lowest BCUT2D eigenvalue weighted by atomic mass is 9.79. The second kappa shape index (κ2) is 6.88. The first-order chi connectivity index (χ1) is 14.0. The minimum absolute atomic E-state index is 0.0128. The summed E-state index contributed by atoms with van der Waals surface area (Å²) in [6.07, 6.45) is 1.69. The quantitative estimate of drug-likeness (QED) is 0.752. The Morgan fingerprint density at radius 3 is 2.55 bits per heavy atom. The molecule has 0 radical (unpaired) electrons. The zero-order valence-corrected chi connectivity index (χ0v) is 16.2. The van der Waals surface area contributed by atoms with E-state index in [2.05, 4.69) is 10.6 Å². The van der Waals surface area contributed by atoms with E-state index in [0.717, 1.165) is 12.8 Å². The summed E-state index contributed by atoms with van der Waals surface area (Å²) in [7, 11) is 0. The molecule has 29 heavy (non-hydrogen) atoms. The smallest absolute Gasteiger partial charge is 0.310 e. The highest BCUT2D eigenvalue weighted by molar-refractivity contribution is 6.31. The van der Waals surface area contributed by atoms with Crippen molar-refractivity contribution < 1.29 is 19.1 Å². The van der Waals surface area contributed by atoms with Gasteiger partial charge in [0.2, 0.25) is 5.91 Å². The molecule has 6 nitrogen and oxygen atoms in total. The van der Waals surface area contributed by atoms with E-state index >= 15 is 0 Å². The Bertz CT molecular complexity index is 1000. The number of ether oxygens (including phenoxy) is 1. The molecule has 0 aromatic heterocycles. The minimum Gasteiger partial charge on any atom is -0.462 e. The van der Waals surface area contributed by atoms with Gasteiger partial charge in [-0.2, -0.15) is 0 Å². The molecule has 1 saturated heterocycles. The van der Waals surface area contributed by atoms with E-state index in [-0.39, 0.29) is 47.6 Å². The summed E-state index contributed by atoms with van der Waals surface area (Å²) in [4.78, 5) is 37.3. The molecule has 5 atom stereocenters. The molecule has 2 aromatic carbocycles. The first-order valence-corrected chi connectivity index (χ1v) is 10.1. The number of anilines is 2. The Morgan fingerprint density at radius 2 is 1.79 bits per heavy atom.